The van der Waals surface area contributed by atoms with Crippen LogP contribution in [0.4, 0.5) is 0 Å². The number of benzene rings is 1. The molecule has 0 unspecified atom stereocenters. The number of terminal acetylenes is 1. The van der Waals surface area contributed by atoms with Gasteiger partial charge in [0.25, 0.3) is 0 Å². The molecule has 0 saturated carbocycles. The summed E-state index contributed by atoms with van der Waals surface area (Å²) in [7, 11) is 0. The fourth-order valence-electron chi connectivity index (χ4n) is 1.52. The topological polar surface area (TPSA) is 21.3 Å². The van der Waals surface area contributed by atoms with Gasteiger partial charge in [-0.25, -0.2) is 0 Å². The van der Waals surface area contributed by atoms with E-state index in [1.807, 2.05) is 0 Å². The SMILES string of the molecule is C#CCCCOc1c(Br)cc(CNC(C)C)cc1Br. The predicted molar refractivity (Wildman–Crippen MR) is 87.4 cm³/mol. The lowest BCUT2D eigenvalue weighted by atomic mass is 10.2. The van der Waals surface area contributed by atoms with Gasteiger partial charge in [0.1, 0.15) is 5.75 Å². The summed E-state index contributed by atoms with van der Waals surface area (Å²) in [6.45, 7) is 5.73. The molecule has 1 aromatic rings. The van der Waals surface area contributed by atoms with Crippen molar-refractivity contribution in [3.8, 4) is 18.1 Å². The summed E-state index contributed by atoms with van der Waals surface area (Å²) in [6, 6.07) is 4.63. The summed E-state index contributed by atoms with van der Waals surface area (Å²) in [5.74, 6) is 3.45. The van der Waals surface area contributed by atoms with Crippen molar-refractivity contribution in [1.82, 2.24) is 5.32 Å². The van der Waals surface area contributed by atoms with Crippen molar-refractivity contribution in [2.24, 2.45) is 0 Å². The van der Waals surface area contributed by atoms with Crippen molar-refractivity contribution in [3.63, 3.8) is 0 Å². The second kappa shape index (κ2) is 8.63. The molecule has 0 aromatic heterocycles. The molecule has 1 aromatic carbocycles. The van der Waals surface area contributed by atoms with Crippen LogP contribution < -0.4 is 10.1 Å². The Hall–Kier alpha value is -0.500. The molecule has 0 aliphatic rings. The first-order valence-electron chi connectivity index (χ1n) is 6.32. The van der Waals surface area contributed by atoms with Gasteiger partial charge >= 0.3 is 0 Å². The molecule has 19 heavy (non-hydrogen) atoms. The normalized spacial score (nSPS) is 10.5. The van der Waals surface area contributed by atoms with Crippen molar-refractivity contribution in [3.05, 3.63) is 26.6 Å². The Kier molecular flexibility index (Phi) is 7.52. The minimum absolute atomic E-state index is 0.470. The van der Waals surface area contributed by atoms with Crippen LogP contribution in [0.15, 0.2) is 21.1 Å². The van der Waals surface area contributed by atoms with Crippen LogP contribution in [0, 0.1) is 12.3 Å². The molecule has 4 heteroatoms. The van der Waals surface area contributed by atoms with E-state index >= 15 is 0 Å². The minimum atomic E-state index is 0.470. The van der Waals surface area contributed by atoms with Crippen LogP contribution in [-0.2, 0) is 6.54 Å². The average Bonchev–Trinajstić information content (AvgIpc) is 2.34. The lowest BCUT2D eigenvalue weighted by Crippen LogP contribution is -2.21. The van der Waals surface area contributed by atoms with E-state index in [2.05, 4.69) is 69.1 Å². The Morgan fingerprint density at radius 2 is 1.95 bits per heavy atom. The number of ether oxygens (including phenoxy) is 1. The molecular formula is C15H19Br2NO. The summed E-state index contributed by atoms with van der Waals surface area (Å²) >= 11 is 7.10. The third-order valence-electron chi connectivity index (χ3n) is 2.48. The maximum Gasteiger partial charge on any atom is 0.147 e. The summed E-state index contributed by atoms with van der Waals surface area (Å²) in [4.78, 5) is 0. The minimum Gasteiger partial charge on any atom is -0.491 e. The second-order valence-corrected chi connectivity index (χ2v) is 6.29. The van der Waals surface area contributed by atoms with Crippen LogP contribution >= 0.6 is 31.9 Å². The molecule has 0 atom stereocenters. The molecule has 0 fully saturated rings. The Morgan fingerprint density at radius 1 is 1.32 bits per heavy atom. The standard InChI is InChI=1S/C15H19Br2NO/c1-4-5-6-7-19-15-13(16)8-12(9-14(15)17)10-18-11(2)3/h1,8-9,11,18H,5-7,10H2,2-3H3. The van der Waals surface area contributed by atoms with E-state index in [0.29, 0.717) is 12.6 Å². The second-order valence-electron chi connectivity index (χ2n) is 4.58. The van der Waals surface area contributed by atoms with Crippen LogP contribution in [0.1, 0.15) is 32.3 Å². The van der Waals surface area contributed by atoms with Crippen molar-refractivity contribution >= 4 is 31.9 Å². The van der Waals surface area contributed by atoms with E-state index in [9.17, 15) is 0 Å². The fourth-order valence-corrected chi connectivity index (χ4v) is 3.03. The number of hydrogen-bond donors (Lipinski definition) is 1. The quantitative estimate of drug-likeness (QED) is 0.548. The molecule has 0 bridgehead atoms. The smallest absolute Gasteiger partial charge is 0.147 e. The highest BCUT2D eigenvalue weighted by Gasteiger charge is 2.09. The zero-order chi connectivity index (χ0) is 14.3. The van der Waals surface area contributed by atoms with Gasteiger partial charge in [-0.05, 0) is 56.0 Å². The van der Waals surface area contributed by atoms with Crippen LogP contribution in [0.3, 0.4) is 0 Å². The van der Waals surface area contributed by atoms with Crippen LogP contribution in [-0.4, -0.2) is 12.6 Å². The summed E-state index contributed by atoms with van der Waals surface area (Å²) in [5, 5.41) is 3.39. The maximum atomic E-state index is 5.74. The molecule has 0 aliphatic carbocycles. The zero-order valence-electron chi connectivity index (χ0n) is 11.3. The largest absolute Gasteiger partial charge is 0.491 e. The number of halogens is 2. The van der Waals surface area contributed by atoms with Crippen molar-refractivity contribution in [1.29, 1.82) is 0 Å². The number of rotatable bonds is 7. The Labute approximate surface area is 132 Å². The molecule has 0 radical (unpaired) electrons. The Morgan fingerprint density at radius 3 is 2.47 bits per heavy atom. The average molecular weight is 389 g/mol. The highest BCUT2D eigenvalue weighted by molar-refractivity contribution is 9.11. The van der Waals surface area contributed by atoms with Crippen molar-refractivity contribution in [2.75, 3.05) is 6.61 Å². The first-order chi connectivity index (χ1) is 9.04. The Balaban J connectivity index is 2.66. The van der Waals surface area contributed by atoms with Gasteiger partial charge in [-0.2, -0.15) is 0 Å². The van der Waals surface area contributed by atoms with E-state index in [-0.39, 0.29) is 0 Å². The highest BCUT2D eigenvalue weighted by Crippen LogP contribution is 2.34. The molecule has 0 aliphatic heterocycles. The lowest BCUT2D eigenvalue weighted by molar-refractivity contribution is 0.309. The van der Waals surface area contributed by atoms with E-state index in [1.165, 1.54) is 5.56 Å². The summed E-state index contributed by atoms with van der Waals surface area (Å²) in [5.41, 5.74) is 1.21. The van der Waals surface area contributed by atoms with Gasteiger partial charge in [0.15, 0.2) is 0 Å². The van der Waals surface area contributed by atoms with E-state index in [1.54, 1.807) is 0 Å². The molecule has 0 heterocycles. The summed E-state index contributed by atoms with van der Waals surface area (Å²) in [6.07, 6.45) is 6.82. The van der Waals surface area contributed by atoms with E-state index in [0.717, 1.165) is 34.1 Å². The van der Waals surface area contributed by atoms with Crippen LogP contribution in [0.2, 0.25) is 0 Å². The van der Waals surface area contributed by atoms with Gasteiger partial charge in [-0.1, -0.05) is 13.8 Å². The molecule has 0 amide bonds. The van der Waals surface area contributed by atoms with Gasteiger partial charge < -0.3 is 10.1 Å². The van der Waals surface area contributed by atoms with E-state index < -0.39 is 0 Å². The number of nitrogens with one attached hydrogen (secondary N) is 1. The zero-order valence-corrected chi connectivity index (χ0v) is 14.5. The number of hydrogen-bond acceptors (Lipinski definition) is 2. The first-order valence-corrected chi connectivity index (χ1v) is 7.90. The Bertz CT molecular complexity index is 429. The third kappa shape index (κ3) is 5.99. The first kappa shape index (κ1) is 16.6. The molecular weight excluding hydrogens is 370 g/mol. The predicted octanol–water partition coefficient (Wildman–Crippen LogP) is 4.50. The van der Waals surface area contributed by atoms with Gasteiger partial charge in [-0.15, -0.1) is 12.3 Å². The monoisotopic (exact) mass is 387 g/mol. The molecule has 2 nitrogen and oxygen atoms in total. The highest BCUT2D eigenvalue weighted by atomic mass is 79.9. The number of unbranched alkanes of at least 4 members (excludes halogenated alkanes) is 1. The maximum absolute atomic E-state index is 5.74. The molecule has 1 rings (SSSR count). The lowest BCUT2D eigenvalue weighted by Gasteiger charge is -2.13. The fraction of sp³-hybridized carbons (Fsp3) is 0.467. The van der Waals surface area contributed by atoms with E-state index in [4.69, 9.17) is 11.2 Å². The van der Waals surface area contributed by atoms with Crippen molar-refractivity contribution < 1.29 is 4.74 Å². The van der Waals surface area contributed by atoms with Gasteiger partial charge in [-0.3, -0.25) is 0 Å². The van der Waals surface area contributed by atoms with Gasteiger partial charge in [0.2, 0.25) is 0 Å². The van der Waals surface area contributed by atoms with Gasteiger partial charge in [0, 0.05) is 19.0 Å². The van der Waals surface area contributed by atoms with Crippen LogP contribution in [0.5, 0.6) is 5.75 Å². The molecule has 0 spiro atoms. The molecule has 0 saturated heterocycles. The summed E-state index contributed by atoms with van der Waals surface area (Å²) < 4.78 is 7.66. The van der Waals surface area contributed by atoms with Crippen LogP contribution in [0.25, 0.3) is 0 Å². The van der Waals surface area contributed by atoms with Crippen molar-refractivity contribution in [2.45, 2.75) is 39.3 Å². The third-order valence-corrected chi connectivity index (χ3v) is 3.66. The molecule has 1 N–H and O–H groups in total. The van der Waals surface area contributed by atoms with Gasteiger partial charge in [0.05, 0.1) is 15.6 Å². The molecule has 104 valence electrons.